The summed E-state index contributed by atoms with van der Waals surface area (Å²) in [5, 5.41) is 0. The van der Waals surface area contributed by atoms with Crippen LogP contribution in [0.15, 0.2) is 0 Å². The molecular formula is C10H21N3O. The molecule has 82 valence electrons. The van der Waals surface area contributed by atoms with E-state index in [4.69, 9.17) is 5.73 Å². The first kappa shape index (κ1) is 11.5. The van der Waals surface area contributed by atoms with Crippen molar-refractivity contribution in [1.29, 1.82) is 0 Å². The van der Waals surface area contributed by atoms with Crippen LogP contribution in [0.2, 0.25) is 0 Å². The van der Waals surface area contributed by atoms with Crippen LogP contribution in [0.3, 0.4) is 0 Å². The monoisotopic (exact) mass is 199 g/mol. The Hall–Kier alpha value is -0.610. The number of hydrogen-bond acceptors (Lipinski definition) is 3. The van der Waals surface area contributed by atoms with Crippen LogP contribution in [0.5, 0.6) is 0 Å². The Balaban J connectivity index is 2.75. The van der Waals surface area contributed by atoms with Gasteiger partial charge >= 0.3 is 0 Å². The van der Waals surface area contributed by atoms with E-state index in [-0.39, 0.29) is 11.9 Å². The van der Waals surface area contributed by atoms with E-state index in [0.717, 1.165) is 19.5 Å². The molecule has 0 aromatic carbocycles. The largest absolute Gasteiger partial charge is 0.343 e. The molecule has 0 aliphatic carbocycles. The average Bonchev–Trinajstić information content (AvgIpc) is 2.14. The van der Waals surface area contributed by atoms with Gasteiger partial charge in [-0.1, -0.05) is 6.92 Å². The first-order valence-corrected chi connectivity index (χ1v) is 5.32. The molecule has 14 heavy (non-hydrogen) atoms. The maximum absolute atomic E-state index is 11.9. The van der Waals surface area contributed by atoms with Crippen molar-refractivity contribution in [3.05, 3.63) is 0 Å². The lowest BCUT2D eigenvalue weighted by molar-refractivity contribution is -0.143. The molecule has 0 bridgehead atoms. The summed E-state index contributed by atoms with van der Waals surface area (Å²) in [4.78, 5) is 15.9. The number of hydrogen-bond donors (Lipinski definition) is 1. The number of carbonyl (C=O) groups is 1. The average molecular weight is 199 g/mol. The van der Waals surface area contributed by atoms with E-state index in [1.807, 2.05) is 11.9 Å². The summed E-state index contributed by atoms with van der Waals surface area (Å²) in [5.41, 5.74) is 5.53. The normalized spacial score (nSPS) is 29.7. The minimum atomic E-state index is -0.00116. The van der Waals surface area contributed by atoms with E-state index in [1.165, 1.54) is 0 Å². The molecule has 2 unspecified atom stereocenters. The quantitative estimate of drug-likeness (QED) is 0.690. The van der Waals surface area contributed by atoms with Crippen LogP contribution >= 0.6 is 0 Å². The lowest BCUT2D eigenvalue weighted by Gasteiger charge is -2.43. The Morgan fingerprint density at radius 2 is 2.21 bits per heavy atom. The Morgan fingerprint density at radius 3 is 2.71 bits per heavy atom. The van der Waals surface area contributed by atoms with E-state index < -0.39 is 0 Å². The summed E-state index contributed by atoms with van der Waals surface area (Å²) in [6.07, 6.45) is 0.765. The maximum atomic E-state index is 11.9. The SMILES string of the molecule is CCN1C(C)CN(C)C(=O)C1CCN. The molecule has 0 radical (unpaired) electrons. The first-order valence-electron chi connectivity index (χ1n) is 5.32. The van der Waals surface area contributed by atoms with Gasteiger partial charge in [0.2, 0.25) is 5.91 Å². The summed E-state index contributed by atoms with van der Waals surface area (Å²) in [6, 6.07) is 0.443. The Bertz CT molecular complexity index is 208. The zero-order valence-corrected chi connectivity index (χ0v) is 9.36. The first-order chi connectivity index (χ1) is 6.61. The van der Waals surface area contributed by atoms with Crippen LogP contribution in [0.25, 0.3) is 0 Å². The van der Waals surface area contributed by atoms with E-state index in [0.29, 0.717) is 12.6 Å². The van der Waals surface area contributed by atoms with Gasteiger partial charge in [-0.3, -0.25) is 9.69 Å². The smallest absolute Gasteiger partial charge is 0.239 e. The molecular weight excluding hydrogens is 178 g/mol. The molecule has 1 aliphatic heterocycles. The van der Waals surface area contributed by atoms with Crippen LogP contribution in [-0.2, 0) is 4.79 Å². The highest BCUT2D eigenvalue weighted by atomic mass is 16.2. The van der Waals surface area contributed by atoms with Crippen LogP contribution < -0.4 is 5.73 Å². The van der Waals surface area contributed by atoms with E-state index in [1.54, 1.807) is 0 Å². The minimum Gasteiger partial charge on any atom is -0.343 e. The second-order valence-corrected chi connectivity index (χ2v) is 3.99. The molecule has 4 nitrogen and oxygen atoms in total. The number of carbonyl (C=O) groups excluding carboxylic acids is 1. The molecule has 0 spiro atoms. The third kappa shape index (κ3) is 2.07. The predicted molar refractivity (Wildman–Crippen MR) is 56.9 cm³/mol. The summed E-state index contributed by atoms with van der Waals surface area (Å²) in [5.74, 6) is 0.218. The molecule has 0 saturated carbocycles. The van der Waals surface area contributed by atoms with Crippen LogP contribution in [0.4, 0.5) is 0 Å². The molecule has 1 aliphatic rings. The number of likely N-dealkylation sites (N-methyl/N-ethyl adjacent to an activating group) is 2. The molecule has 0 aromatic heterocycles. The van der Waals surface area contributed by atoms with Gasteiger partial charge in [-0.05, 0) is 26.4 Å². The van der Waals surface area contributed by atoms with Gasteiger partial charge in [0.1, 0.15) is 0 Å². The van der Waals surface area contributed by atoms with E-state index in [2.05, 4.69) is 18.7 Å². The third-order valence-corrected chi connectivity index (χ3v) is 2.97. The van der Waals surface area contributed by atoms with Crippen molar-refractivity contribution >= 4 is 5.91 Å². The second-order valence-electron chi connectivity index (χ2n) is 3.99. The zero-order chi connectivity index (χ0) is 10.7. The van der Waals surface area contributed by atoms with Gasteiger partial charge in [0.15, 0.2) is 0 Å². The lowest BCUT2D eigenvalue weighted by atomic mass is 10.0. The van der Waals surface area contributed by atoms with Gasteiger partial charge in [-0.25, -0.2) is 0 Å². The fourth-order valence-electron chi connectivity index (χ4n) is 2.27. The topological polar surface area (TPSA) is 49.6 Å². The van der Waals surface area contributed by atoms with Crippen molar-refractivity contribution in [3.8, 4) is 0 Å². The number of rotatable bonds is 3. The van der Waals surface area contributed by atoms with Gasteiger partial charge < -0.3 is 10.6 Å². The van der Waals surface area contributed by atoms with Crippen LogP contribution in [0, 0.1) is 0 Å². The maximum Gasteiger partial charge on any atom is 0.239 e. The van der Waals surface area contributed by atoms with Crippen LogP contribution in [-0.4, -0.2) is 54.5 Å². The Morgan fingerprint density at radius 1 is 1.57 bits per heavy atom. The van der Waals surface area contributed by atoms with Gasteiger partial charge in [0.05, 0.1) is 6.04 Å². The van der Waals surface area contributed by atoms with E-state index in [9.17, 15) is 4.79 Å². The number of nitrogens with two attached hydrogens (primary N) is 1. The molecule has 2 N–H and O–H groups in total. The molecule has 1 fully saturated rings. The van der Waals surface area contributed by atoms with Gasteiger partial charge in [-0.15, -0.1) is 0 Å². The molecule has 1 heterocycles. The van der Waals surface area contributed by atoms with Crippen molar-refractivity contribution in [2.24, 2.45) is 5.73 Å². The van der Waals surface area contributed by atoms with Crippen molar-refractivity contribution in [3.63, 3.8) is 0 Å². The summed E-state index contributed by atoms with van der Waals surface area (Å²) >= 11 is 0. The Kier molecular flexibility index (Phi) is 3.89. The fourth-order valence-corrected chi connectivity index (χ4v) is 2.27. The highest BCUT2D eigenvalue weighted by Crippen LogP contribution is 2.17. The van der Waals surface area contributed by atoms with Crippen molar-refractivity contribution in [2.45, 2.75) is 32.4 Å². The van der Waals surface area contributed by atoms with Gasteiger partial charge in [-0.2, -0.15) is 0 Å². The standard InChI is InChI=1S/C10H21N3O/c1-4-13-8(2)7-12(3)10(14)9(13)5-6-11/h8-9H,4-7,11H2,1-3H3. The minimum absolute atomic E-state index is 0.00116. The third-order valence-electron chi connectivity index (χ3n) is 2.97. The number of piperazine rings is 1. The summed E-state index contributed by atoms with van der Waals surface area (Å²) in [7, 11) is 1.87. The van der Waals surface area contributed by atoms with Crippen LogP contribution in [0.1, 0.15) is 20.3 Å². The molecule has 4 heteroatoms. The molecule has 1 rings (SSSR count). The second kappa shape index (κ2) is 4.75. The number of amides is 1. The highest BCUT2D eigenvalue weighted by Gasteiger charge is 2.35. The van der Waals surface area contributed by atoms with Gasteiger partial charge in [0.25, 0.3) is 0 Å². The predicted octanol–water partition coefficient (Wildman–Crippen LogP) is -0.114. The summed E-state index contributed by atoms with van der Waals surface area (Å²) < 4.78 is 0. The molecule has 2 atom stereocenters. The van der Waals surface area contributed by atoms with Crippen molar-refractivity contribution < 1.29 is 4.79 Å². The zero-order valence-electron chi connectivity index (χ0n) is 9.36. The fraction of sp³-hybridized carbons (Fsp3) is 0.900. The number of nitrogens with zero attached hydrogens (tertiary/aromatic N) is 2. The highest BCUT2D eigenvalue weighted by molar-refractivity contribution is 5.82. The molecule has 1 saturated heterocycles. The summed E-state index contributed by atoms with van der Waals surface area (Å²) in [6.45, 7) is 6.58. The van der Waals surface area contributed by atoms with Crippen molar-refractivity contribution in [2.75, 3.05) is 26.7 Å². The van der Waals surface area contributed by atoms with Crippen molar-refractivity contribution in [1.82, 2.24) is 9.80 Å². The molecule has 0 aromatic rings. The van der Waals surface area contributed by atoms with Gasteiger partial charge in [0, 0.05) is 19.6 Å². The van der Waals surface area contributed by atoms with E-state index >= 15 is 0 Å². The lowest BCUT2D eigenvalue weighted by Crippen LogP contribution is -2.60. The Labute approximate surface area is 86.0 Å². The molecule has 1 amide bonds.